The first-order valence-electron chi connectivity index (χ1n) is 6.91. The Morgan fingerprint density at radius 3 is 3.05 bits per heavy atom. The molecule has 1 aromatic heterocycles. The van der Waals surface area contributed by atoms with Gasteiger partial charge in [0.25, 0.3) is 0 Å². The van der Waals surface area contributed by atoms with Gasteiger partial charge in [-0.2, -0.15) is 0 Å². The van der Waals surface area contributed by atoms with Gasteiger partial charge >= 0.3 is 0 Å². The number of aryl methyl sites for hydroxylation is 1. The topological polar surface area (TPSA) is 28.2 Å². The molecule has 0 fully saturated rings. The highest BCUT2D eigenvalue weighted by Crippen LogP contribution is 2.27. The van der Waals surface area contributed by atoms with Crippen LogP contribution in [0.2, 0.25) is 5.15 Å². The van der Waals surface area contributed by atoms with E-state index >= 15 is 0 Å². The highest BCUT2D eigenvalue weighted by atomic mass is 35.5. The highest BCUT2D eigenvalue weighted by molar-refractivity contribution is 6.29. The van der Waals surface area contributed by atoms with Crippen molar-refractivity contribution in [2.24, 2.45) is 0 Å². The third-order valence-corrected chi connectivity index (χ3v) is 3.92. The lowest BCUT2D eigenvalue weighted by Gasteiger charge is -2.27. The monoisotopic (exact) mass is 287 g/mol. The van der Waals surface area contributed by atoms with Crippen LogP contribution in [0.25, 0.3) is 0 Å². The average molecular weight is 288 g/mol. The number of nitrogens with zero attached hydrogens (tertiary/aromatic N) is 2. The number of fused-ring (bicyclic) bond motifs is 1. The van der Waals surface area contributed by atoms with Crippen molar-refractivity contribution in [3.05, 3.63) is 52.8 Å². The van der Waals surface area contributed by atoms with E-state index in [9.17, 15) is 0 Å². The fourth-order valence-corrected chi connectivity index (χ4v) is 2.84. The molecule has 0 saturated heterocycles. The van der Waals surface area contributed by atoms with E-state index in [1.165, 1.54) is 29.7 Å². The van der Waals surface area contributed by atoms with E-state index in [1.54, 1.807) is 6.20 Å². The lowest BCUT2D eigenvalue weighted by molar-refractivity contribution is 0.743. The van der Waals surface area contributed by atoms with Crippen LogP contribution in [0.1, 0.15) is 17.5 Å². The molecule has 1 aromatic carbocycles. The largest absolute Gasteiger partial charge is 0.381 e. The first-order chi connectivity index (χ1) is 9.72. The smallest absolute Gasteiger partial charge is 0.131 e. The van der Waals surface area contributed by atoms with Crippen LogP contribution >= 0.6 is 11.6 Å². The molecule has 4 heteroatoms. The lowest BCUT2D eigenvalue weighted by Crippen LogP contribution is -2.24. The zero-order valence-corrected chi connectivity index (χ0v) is 12.3. The Morgan fingerprint density at radius 1 is 1.30 bits per heavy atom. The van der Waals surface area contributed by atoms with Crippen molar-refractivity contribution in [3.63, 3.8) is 0 Å². The molecule has 2 heterocycles. The van der Waals surface area contributed by atoms with Crippen LogP contribution in [0.3, 0.4) is 0 Å². The van der Waals surface area contributed by atoms with Crippen molar-refractivity contribution in [1.82, 2.24) is 4.98 Å². The van der Waals surface area contributed by atoms with Crippen LogP contribution in [-0.2, 0) is 13.0 Å². The fraction of sp³-hybridized carbons (Fsp3) is 0.312. The zero-order valence-electron chi connectivity index (χ0n) is 11.6. The second-order valence-corrected chi connectivity index (χ2v) is 5.60. The Balaban J connectivity index is 1.72. The van der Waals surface area contributed by atoms with E-state index < -0.39 is 0 Å². The summed E-state index contributed by atoms with van der Waals surface area (Å²) in [5, 5.41) is 3.90. The third kappa shape index (κ3) is 2.88. The van der Waals surface area contributed by atoms with E-state index in [0.29, 0.717) is 5.15 Å². The molecule has 0 spiro atoms. The molecule has 0 unspecified atom stereocenters. The van der Waals surface area contributed by atoms with Gasteiger partial charge in [-0.25, -0.2) is 4.98 Å². The second-order valence-electron chi connectivity index (χ2n) is 5.21. The molecule has 2 aromatic rings. The second kappa shape index (κ2) is 5.71. The fourth-order valence-electron chi connectivity index (χ4n) is 2.67. The number of hydrogen-bond donors (Lipinski definition) is 1. The van der Waals surface area contributed by atoms with Crippen LogP contribution in [0.4, 0.5) is 11.4 Å². The number of nitrogens with one attached hydrogen (secondary N) is 1. The summed E-state index contributed by atoms with van der Waals surface area (Å²) in [4.78, 5) is 6.31. The summed E-state index contributed by atoms with van der Waals surface area (Å²) in [5.41, 5.74) is 5.12. The number of pyridine rings is 1. The normalized spacial score (nSPS) is 14.0. The molecule has 0 aliphatic carbocycles. The zero-order chi connectivity index (χ0) is 13.9. The molecule has 104 valence electrons. The Bertz CT molecular complexity index is 612. The third-order valence-electron chi connectivity index (χ3n) is 3.72. The standard InChI is InChI=1S/C16H18ClN3/c1-20-8-2-3-13-9-12(4-5-15(13)20)11-19-14-6-7-18-16(17)10-14/h4-7,9-10H,2-3,8,11H2,1H3,(H,18,19). The van der Waals surface area contributed by atoms with E-state index in [-0.39, 0.29) is 0 Å². The molecule has 20 heavy (non-hydrogen) atoms. The molecular weight excluding hydrogens is 270 g/mol. The van der Waals surface area contributed by atoms with Crippen molar-refractivity contribution < 1.29 is 0 Å². The number of aromatic nitrogens is 1. The van der Waals surface area contributed by atoms with Gasteiger partial charge in [0, 0.05) is 37.7 Å². The summed E-state index contributed by atoms with van der Waals surface area (Å²) in [6, 6.07) is 10.5. The van der Waals surface area contributed by atoms with Gasteiger partial charge in [-0.1, -0.05) is 23.7 Å². The number of anilines is 2. The molecule has 1 aliphatic heterocycles. The number of hydrogen-bond acceptors (Lipinski definition) is 3. The molecule has 0 atom stereocenters. The Kier molecular flexibility index (Phi) is 3.79. The predicted molar refractivity (Wildman–Crippen MR) is 84.6 cm³/mol. The molecule has 0 radical (unpaired) electrons. The molecular formula is C16H18ClN3. The van der Waals surface area contributed by atoms with Crippen LogP contribution in [0.5, 0.6) is 0 Å². The summed E-state index contributed by atoms with van der Waals surface area (Å²) in [7, 11) is 2.16. The summed E-state index contributed by atoms with van der Waals surface area (Å²) >= 11 is 5.88. The van der Waals surface area contributed by atoms with Crippen LogP contribution in [-0.4, -0.2) is 18.6 Å². The molecule has 1 aliphatic rings. The lowest BCUT2D eigenvalue weighted by atomic mass is 9.99. The van der Waals surface area contributed by atoms with E-state index in [2.05, 4.69) is 40.4 Å². The van der Waals surface area contributed by atoms with Gasteiger partial charge in [-0.05, 0) is 42.2 Å². The number of benzene rings is 1. The van der Waals surface area contributed by atoms with Gasteiger partial charge in [0.05, 0.1) is 0 Å². The SMILES string of the molecule is CN1CCCc2cc(CNc3ccnc(Cl)c3)ccc21. The Hall–Kier alpha value is -1.74. The minimum absolute atomic E-state index is 0.516. The van der Waals surface area contributed by atoms with Crippen LogP contribution in [0.15, 0.2) is 36.5 Å². The summed E-state index contributed by atoms with van der Waals surface area (Å²) in [6.45, 7) is 1.96. The Morgan fingerprint density at radius 2 is 2.20 bits per heavy atom. The van der Waals surface area contributed by atoms with Crippen LogP contribution in [0, 0.1) is 0 Å². The van der Waals surface area contributed by atoms with Gasteiger partial charge in [0.15, 0.2) is 0 Å². The summed E-state index contributed by atoms with van der Waals surface area (Å²) in [6.07, 6.45) is 4.13. The van der Waals surface area contributed by atoms with Gasteiger partial charge in [0.1, 0.15) is 5.15 Å². The average Bonchev–Trinajstić information content (AvgIpc) is 2.45. The first kappa shape index (κ1) is 13.3. The molecule has 3 nitrogen and oxygen atoms in total. The Labute approximate surface area is 124 Å². The van der Waals surface area contributed by atoms with Crippen molar-refractivity contribution in [2.45, 2.75) is 19.4 Å². The summed E-state index contributed by atoms with van der Waals surface area (Å²) in [5.74, 6) is 0. The predicted octanol–water partition coefficient (Wildman–Crippen LogP) is 3.73. The molecule has 1 N–H and O–H groups in total. The van der Waals surface area contributed by atoms with Gasteiger partial charge in [-0.3, -0.25) is 0 Å². The molecule has 3 rings (SSSR count). The van der Waals surface area contributed by atoms with Crippen molar-refractivity contribution in [3.8, 4) is 0 Å². The van der Waals surface area contributed by atoms with Gasteiger partial charge < -0.3 is 10.2 Å². The molecule has 0 amide bonds. The molecule has 0 saturated carbocycles. The maximum absolute atomic E-state index is 5.88. The van der Waals surface area contributed by atoms with E-state index in [1.807, 2.05) is 12.1 Å². The summed E-state index contributed by atoms with van der Waals surface area (Å²) < 4.78 is 0. The van der Waals surface area contributed by atoms with Crippen LogP contribution < -0.4 is 10.2 Å². The van der Waals surface area contributed by atoms with Gasteiger partial charge in [0.2, 0.25) is 0 Å². The minimum Gasteiger partial charge on any atom is -0.381 e. The number of halogens is 1. The van der Waals surface area contributed by atoms with Crippen molar-refractivity contribution >= 4 is 23.0 Å². The minimum atomic E-state index is 0.516. The maximum atomic E-state index is 5.88. The number of rotatable bonds is 3. The van der Waals surface area contributed by atoms with Gasteiger partial charge in [-0.15, -0.1) is 0 Å². The molecule has 0 bridgehead atoms. The van der Waals surface area contributed by atoms with Crippen molar-refractivity contribution in [2.75, 3.05) is 23.8 Å². The van der Waals surface area contributed by atoms with Crippen molar-refractivity contribution in [1.29, 1.82) is 0 Å². The maximum Gasteiger partial charge on any atom is 0.131 e. The first-order valence-corrected chi connectivity index (χ1v) is 7.28. The van der Waals surface area contributed by atoms with E-state index in [0.717, 1.165) is 18.8 Å². The highest BCUT2D eigenvalue weighted by Gasteiger charge is 2.13. The van der Waals surface area contributed by atoms with E-state index in [4.69, 9.17) is 11.6 Å². The quantitative estimate of drug-likeness (QED) is 0.872.